The van der Waals surface area contributed by atoms with E-state index in [-0.39, 0.29) is 5.91 Å². The number of likely N-dealkylation sites (N-methyl/N-ethyl adjacent to an activating group) is 2. The fourth-order valence-electron chi connectivity index (χ4n) is 2.33. The van der Waals surface area contributed by atoms with E-state index in [0.717, 1.165) is 38.2 Å². The molecule has 1 aromatic rings. The van der Waals surface area contributed by atoms with E-state index in [0.29, 0.717) is 6.54 Å². The third kappa shape index (κ3) is 6.17. The van der Waals surface area contributed by atoms with Crippen LogP contribution in [0.3, 0.4) is 0 Å². The number of carbonyl (C=O) groups excluding carboxylic acids is 1. The molecule has 0 fully saturated rings. The first-order valence-corrected chi connectivity index (χ1v) is 7.69. The quantitative estimate of drug-likeness (QED) is 0.701. The van der Waals surface area contributed by atoms with Gasteiger partial charge in [-0.15, -0.1) is 0 Å². The molecule has 4 nitrogen and oxygen atoms in total. The van der Waals surface area contributed by atoms with Crippen molar-refractivity contribution < 1.29 is 9.53 Å². The molecule has 0 spiro atoms. The van der Waals surface area contributed by atoms with Crippen molar-refractivity contribution in [1.29, 1.82) is 0 Å². The predicted molar refractivity (Wildman–Crippen MR) is 86.7 cm³/mol. The highest BCUT2D eigenvalue weighted by Crippen LogP contribution is 2.12. The van der Waals surface area contributed by atoms with Crippen LogP contribution in [0.15, 0.2) is 24.3 Å². The molecule has 0 aliphatic heterocycles. The van der Waals surface area contributed by atoms with E-state index >= 15 is 0 Å². The van der Waals surface area contributed by atoms with Gasteiger partial charge < -0.3 is 9.64 Å². The van der Waals surface area contributed by atoms with E-state index in [1.165, 1.54) is 5.56 Å². The Morgan fingerprint density at radius 3 is 2.29 bits per heavy atom. The lowest BCUT2D eigenvalue weighted by Gasteiger charge is -2.23. The average Bonchev–Trinajstić information content (AvgIpc) is 2.49. The molecule has 0 aliphatic rings. The third-order valence-electron chi connectivity index (χ3n) is 3.69. The highest BCUT2D eigenvalue weighted by atomic mass is 16.5. The second-order valence-corrected chi connectivity index (χ2v) is 5.26. The number of carbonyl (C=O) groups is 1. The molecule has 118 valence electrons. The molecular weight excluding hydrogens is 264 g/mol. The van der Waals surface area contributed by atoms with Gasteiger partial charge in [0.1, 0.15) is 5.75 Å². The molecular formula is C17H28N2O2. The molecule has 0 aromatic heterocycles. The van der Waals surface area contributed by atoms with Gasteiger partial charge in [0, 0.05) is 13.1 Å². The standard InChI is InChI=1S/C17H28N2O2/c1-5-19(6-2)17(20)14-18(3)13-7-8-15-9-11-16(21-4)12-10-15/h9-12H,5-8,13-14H2,1-4H3. The monoisotopic (exact) mass is 292 g/mol. The molecule has 0 saturated heterocycles. The Labute approximate surface area is 128 Å². The predicted octanol–water partition coefficient (Wildman–Crippen LogP) is 2.43. The first kappa shape index (κ1) is 17.5. The van der Waals surface area contributed by atoms with Crippen molar-refractivity contribution in [2.45, 2.75) is 26.7 Å². The lowest BCUT2D eigenvalue weighted by atomic mass is 10.1. The number of rotatable bonds is 9. The Morgan fingerprint density at radius 2 is 1.76 bits per heavy atom. The topological polar surface area (TPSA) is 32.8 Å². The summed E-state index contributed by atoms with van der Waals surface area (Å²) in [6, 6.07) is 8.17. The van der Waals surface area contributed by atoms with Crippen LogP contribution in [0.25, 0.3) is 0 Å². The maximum absolute atomic E-state index is 12.0. The SMILES string of the molecule is CCN(CC)C(=O)CN(C)CCCc1ccc(OC)cc1. The van der Waals surface area contributed by atoms with Crippen LogP contribution in [0.4, 0.5) is 0 Å². The normalized spacial score (nSPS) is 10.7. The van der Waals surface area contributed by atoms with Crippen LogP contribution < -0.4 is 4.74 Å². The van der Waals surface area contributed by atoms with E-state index in [4.69, 9.17) is 4.74 Å². The second kappa shape index (κ2) is 9.40. The zero-order chi connectivity index (χ0) is 15.7. The summed E-state index contributed by atoms with van der Waals surface area (Å²) in [7, 11) is 3.69. The molecule has 0 atom stereocenters. The minimum atomic E-state index is 0.215. The number of hydrogen-bond acceptors (Lipinski definition) is 3. The average molecular weight is 292 g/mol. The van der Waals surface area contributed by atoms with Crippen molar-refractivity contribution in [2.24, 2.45) is 0 Å². The molecule has 0 N–H and O–H groups in total. The third-order valence-corrected chi connectivity index (χ3v) is 3.69. The van der Waals surface area contributed by atoms with Crippen molar-refractivity contribution >= 4 is 5.91 Å². The molecule has 1 rings (SSSR count). The van der Waals surface area contributed by atoms with Gasteiger partial charge in [-0.05, 0) is 58.0 Å². The summed E-state index contributed by atoms with van der Waals surface area (Å²) in [6.45, 7) is 7.05. The van der Waals surface area contributed by atoms with E-state index in [1.807, 2.05) is 37.9 Å². The fourth-order valence-corrected chi connectivity index (χ4v) is 2.33. The van der Waals surface area contributed by atoms with Crippen molar-refractivity contribution in [2.75, 3.05) is 40.3 Å². The molecule has 1 amide bonds. The lowest BCUT2D eigenvalue weighted by molar-refractivity contribution is -0.131. The number of benzene rings is 1. The largest absolute Gasteiger partial charge is 0.497 e. The Balaban J connectivity index is 2.29. The molecule has 0 bridgehead atoms. The zero-order valence-electron chi connectivity index (χ0n) is 13.8. The summed E-state index contributed by atoms with van der Waals surface area (Å²) in [6.07, 6.45) is 2.07. The van der Waals surface area contributed by atoms with Gasteiger partial charge in [-0.25, -0.2) is 0 Å². The van der Waals surface area contributed by atoms with Gasteiger partial charge in [0.25, 0.3) is 0 Å². The Hall–Kier alpha value is -1.55. The van der Waals surface area contributed by atoms with Crippen LogP contribution in [0.2, 0.25) is 0 Å². The number of amides is 1. The molecule has 1 aromatic carbocycles. The van der Waals surface area contributed by atoms with Crippen LogP contribution in [0, 0.1) is 0 Å². The first-order valence-electron chi connectivity index (χ1n) is 7.69. The van der Waals surface area contributed by atoms with Crippen LogP contribution in [-0.4, -0.2) is 56.0 Å². The van der Waals surface area contributed by atoms with E-state index in [9.17, 15) is 4.79 Å². The van der Waals surface area contributed by atoms with Crippen LogP contribution in [0.1, 0.15) is 25.8 Å². The number of aryl methyl sites for hydroxylation is 1. The van der Waals surface area contributed by atoms with Crippen LogP contribution in [-0.2, 0) is 11.2 Å². The minimum absolute atomic E-state index is 0.215. The summed E-state index contributed by atoms with van der Waals surface area (Å²) in [5, 5.41) is 0. The van der Waals surface area contributed by atoms with Gasteiger partial charge in [0.2, 0.25) is 5.91 Å². The Kier molecular flexibility index (Phi) is 7.83. The van der Waals surface area contributed by atoms with E-state index in [1.54, 1.807) is 7.11 Å². The van der Waals surface area contributed by atoms with Gasteiger partial charge >= 0.3 is 0 Å². The summed E-state index contributed by atoms with van der Waals surface area (Å²) in [5.41, 5.74) is 1.30. The Morgan fingerprint density at radius 1 is 1.14 bits per heavy atom. The molecule has 0 radical (unpaired) electrons. The second-order valence-electron chi connectivity index (χ2n) is 5.26. The molecule has 4 heteroatoms. The summed E-state index contributed by atoms with van der Waals surface area (Å²) >= 11 is 0. The van der Waals surface area contributed by atoms with Crippen molar-refractivity contribution in [3.63, 3.8) is 0 Å². The first-order chi connectivity index (χ1) is 10.1. The van der Waals surface area contributed by atoms with Crippen molar-refractivity contribution in [1.82, 2.24) is 9.80 Å². The van der Waals surface area contributed by atoms with Crippen molar-refractivity contribution in [3.05, 3.63) is 29.8 Å². The smallest absolute Gasteiger partial charge is 0.236 e. The number of hydrogen-bond donors (Lipinski definition) is 0. The van der Waals surface area contributed by atoms with E-state index in [2.05, 4.69) is 17.0 Å². The summed E-state index contributed by atoms with van der Waals surface area (Å²) in [4.78, 5) is 16.0. The summed E-state index contributed by atoms with van der Waals surface area (Å²) < 4.78 is 5.15. The van der Waals surface area contributed by atoms with E-state index < -0.39 is 0 Å². The number of ether oxygens (including phenoxy) is 1. The highest BCUT2D eigenvalue weighted by Gasteiger charge is 2.11. The maximum atomic E-state index is 12.0. The van der Waals surface area contributed by atoms with Crippen LogP contribution >= 0.6 is 0 Å². The molecule has 0 unspecified atom stereocenters. The van der Waals surface area contributed by atoms with Crippen molar-refractivity contribution in [3.8, 4) is 5.75 Å². The number of methoxy groups -OCH3 is 1. The zero-order valence-corrected chi connectivity index (χ0v) is 13.8. The number of nitrogens with zero attached hydrogens (tertiary/aromatic N) is 2. The molecule has 0 aliphatic carbocycles. The lowest BCUT2D eigenvalue weighted by Crippen LogP contribution is -2.39. The van der Waals surface area contributed by atoms with Gasteiger partial charge in [-0.3, -0.25) is 9.69 Å². The Bertz CT molecular complexity index is 413. The van der Waals surface area contributed by atoms with Gasteiger partial charge in [0.15, 0.2) is 0 Å². The molecule has 21 heavy (non-hydrogen) atoms. The molecule has 0 heterocycles. The maximum Gasteiger partial charge on any atom is 0.236 e. The van der Waals surface area contributed by atoms with Gasteiger partial charge in [-0.1, -0.05) is 12.1 Å². The van der Waals surface area contributed by atoms with Gasteiger partial charge in [-0.2, -0.15) is 0 Å². The summed E-state index contributed by atoms with van der Waals surface area (Å²) in [5.74, 6) is 1.10. The molecule has 0 saturated carbocycles. The highest BCUT2D eigenvalue weighted by molar-refractivity contribution is 5.78. The fraction of sp³-hybridized carbons (Fsp3) is 0.588. The van der Waals surface area contributed by atoms with Crippen LogP contribution in [0.5, 0.6) is 5.75 Å². The van der Waals surface area contributed by atoms with Gasteiger partial charge in [0.05, 0.1) is 13.7 Å². The minimum Gasteiger partial charge on any atom is -0.497 e.